The van der Waals surface area contributed by atoms with Crippen LogP contribution in [0.5, 0.6) is 0 Å². The second-order valence-corrected chi connectivity index (χ2v) is 4.53. The second-order valence-electron chi connectivity index (χ2n) is 4.16. The number of likely N-dealkylation sites (tertiary alicyclic amines) is 1. The van der Waals surface area contributed by atoms with Gasteiger partial charge in [-0.25, -0.2) is 4.79 Å². The molecule has 0 saturated carbocycles. The lowest BCUT2D eigenvalue weighted by molar-refractivity contribution is 0.167. The Labute approximate surface area is 102 Å². The van der Waals surface area contributed by atoms with E-state index in [1.807, 2.05) is 19.0 Å². The molecule has 16 heavy (non-hydrogen) atoms. The van der Waals surface area contributed by atoms with E-state index >= 15 is 0 Å². The molecule has 1 heterocycles. The number of rotatable bonds is 2. The minimum atomic E-state index is -0.971. The molecule has 0 aliphatic carbocycles. The Morgan fingerprint density at radius 3 is 2.56 bits per heavy atom. The van der Waals surface area contributed by atoms with Crippen molar-refractivity contribution in [2.45, 2.75) is 19.4 Å². The van der Waals surface area contributed by atoms with Gasteiger partial charge in [0.1, 0.15) is 0 Å². The van der Waals surface area contributed by atoms with E-state index < -0.39 is 6.09 Å². The first-order chi connectivity index (χ1) is 7.47. The first-order valence-electron chi connectivity index (χ1n) is 5.43. The van der Waals surface area contributed by atoms with E-state index in [1.165, 1.54) is 4.90 Å². The van der Waals surface area contributed by atoms with Crippen molar-refractivity contribution in [3.05, 3.63) is 0 Å². The molecule has 0 spiro atoms. The highest BCUT2D eigenvalue weighted by molar-refractivity contribution is 7.80. The molecule has 0 bridgehead atoms. The van der Waals surface area contributed by atoms with Gasteiger partial charge in [-0.2, -0.15) is 0 Å². The molecular weight excluding hydrogens is 226 g/mol. The lowest BCUT2D eigenvalue weighted by Crippen LogP contribution is -2.45. The third-order valence-electron chi connectivity index (χ3n) is 2.94. The molecule has 0 aromatic carbocycles. The first kappa shape index (κ1) is 13.2. The number of likely N-dealkylation sites (N-methyl/N-ethyl adjacent to an activating group) is 1. The minimum Gasteiger partial charge on any atom is -0.465 e. The summed E-state index contributed by atoms with van der Waals surface area (Å²) in [7, 11) is 4.07. The molecule has 1 rings (SSSR count). The van der Waals surface area contributed by atoms with E-state index in [4.69, 9.17) is 17.3 Å². The fourth-order valence-corrected chi connectivity index (χ4v) is 2.23. The summed E-state index contributed by atoms with van der Waals surface area (Å²) in [5.41, 5.74) is 0. The van der Waals surface area contributed by atoms with Crippen molar-refractivity contribution in [3.8, 4) is 0 Å². The van der Waals surface area contributed by atoms with Crippen LogP contribution in [0.3, 0.4) is 0 Å². The second kappa shape index (κ2) is 5.45. The maximum atomic E-state index is 10.9. The summed E-state index contributed by atoms with van der Waals surface area (Å²) < 4.78 is 0. The maximum Gasteiger partial charge on any atom is 0.413 e. The first-order valence-corrected chi connectivity index (χ1v) is 5.84. The molecule has 1 N–H and O–H groups in total. The Morgan fingerprint density at radius 1 is 1.56 bits per heavy atom. The molecule has 92 valence electrons. The van der Waals surface area contributed by atoms with Gasteiger partial charge in [-0.1, -0.05) is 0 Å². The van der Waals surface area contributed by atoms with Crippen molar-refractivity contribution < 1.29 is 9.90 Å². The molecular formula is C10H19N3O2S. The molecule has 0 aromatic rings. The number of hydrogen-bond donors (Lipinski definition) is 1. The predicted octanol–water partition coefficient (Wildman–Crippen LogP) is 0.907. The highest BCUT2D eigenvalue weighted by Crippen LogP contribution is 2.15. The number of amides is 1. The van der Waals surface area contributed by atoms with Crippen LogP contribution in [0.1, 0.15) is 13.3 Å². The van der Waals surface area contributed by atoms with Gasteiger partial charge in [0.2, 0.25) is 0 Å². The predicted molar refractivity (Wildman–Crippen MR) is 66.7 cm³/mol. The molecule has 5 nitrogen and oxygen atoms in total. The number of thiocarbonyl (C=S) groups is 1. The Balaban J connectivity index is 2.59. The normalized spacial score (nSPS) is 20.2. The van der Waals surface area contributed by atoms with Crippen LogP contribution in [0.2, 0.25) is 0 Å². The van der Waals surface area contributed by atoms with Gasteiger partial charge >= 0.3 is 6.09 Å². The summed E-state index contributed by atoms with van der Waals surface area (Å²) >= 11 is 5.20. The highest BCUT2D eigenvalue weighted by atomic mass is 32.1. The zero-order valence-electron chi connectivity index (χ0n) is 10.0. The maximum absolute atomic E-state index is 10.9. The Hall–Kier alpha value is -0.880. The molecule has 1 unspecified atom stereocenters. The Kier molecular flexibility index (Phi) is 4.49. The van der Waals surface area contributed by atoms with Crippen molar-refractivity contribution in [1.29, 1.82) is 0 Å². The largest absolute Gasteiger partial charge is 0.465 e. The van der Waals surface area contributed by atoms with Crippen LogP contribution in [0.25, 0.3) is 0 Å². The van der Waals surface area contributed by atoms with E-state index in [0.29, 0.717) is 17.7 Å². The number of nitrogens with zero attached hydrogens (tertiary/aromatic N) is 3. The topological polar surface area (TPSA) is 47.0 Å². The average molecular weight is 245 g/mol. The summed E-state index contributed by atoms with van der Waals surface area (Å²) in [5.74, 6) is 0. The zero-order valence-corrected chi connectivity index (χ0v) is 10.8. The average Bonchev–Trinajstić information content (AvgIpc) is 2.66. The SMILES string of the molecule is CCN(C(=O)O)C(=S)N1CCC(N(C)C)C1. The molecule has 1 aliphatic rings. The molecule has 1 aliphatic heterocycles. The summed E-state index contributed by atoms with van der Waals surface area (Å²) in [6, 6.07) is 0.463. The quantitative estimate of drug-likeness (QED) is 0.733. The minimum absolute atomic E-state index is 0.400. The number of hydrogen-bond acceptors (Lipinski definition) is 3. The van der Waals surface area contributed by atoms with Gasteiger partial charge in [0.15, 0.2) is 5.11 Å². The van der Waals surface area contributed by atoms with Crippen LogP contribution < -0.4 is 0 Å². The summed E-state index contributed by atoms with van der Waals surface area (Å²) in [4.78, 5) is 16.3. The Bertz CT molecular complexity index is 283. The van der Waals surface area contributed by atoms with Crippen molar-refractivity contribution in [2.24, 2.45) is 0 Å². The van der Waals surface area contributed by atoms with Crippen LogP contribution in [-0.4, -0.2) is 70.8 Å². The van der Waals surface area contributed by atoms with E-state index in [-0.39, 0.29) is 0 Å². The van der Waals surface area contributed by atoms with Gasteiger partial charge in [-0.3, -0.25) is 4.90 Å². The van der Waals surface area contributed by atoms with Crippen LogP contribution >= 0.6 is 12.2 Å². The van der Waals surface area contributed by atoms with Gasteiger partial charge < -0.3 is 14.9 Å². The zero-order chi connectivity index (χ0) is 12.3. The third kappa shape index (κ3) is 2.82. The lowest BCUT2D eigenvalue weighted by Gasteiger charge is -2.27. The van der Waals surface area contributed by atoms with Crippen LogP contribution in [0, 0.1) is 0 Å². The molecule has 1 saturated heterocycles. The van der Waals surface area contributed by atoms with E-state index in [0.717, 1.165) is 19.5 Å². The fraction of sp³-hybridized carbons (Fsp3) is 0.800. The van der Waals surface area contributed by atoms with Crippen molar-refractivity contribution in [1.82, 2.24) is 14.7 Å². The molecule has 1 amide bonds. The van der Waals surface area contributed by atoms with Gasteiger partial charge in [0.25, 0.3) is 0 Å². The van der Waals surface area contributed by atoms with Crippen LogP contribution in [0.4, 0.5) is 4.79 Å². The van der Waals surface area contributed by atoms with E-state index in [2.05, 4.69) is 4.90 Å². The van der Waals surface area contributed by atoms with Crippen LogP contribution in [0.15, 0.2) is 0 Å². The molecule has 1 fully saturated rings. The monoisotopic (exact) mass is 245 g/mol. The summed E-state index contributed by atoms with van der Waals surface area (Å²) in [6.07, 6.45) is 0.0606. The molecule has 0 aromatic heterocycles. The summed E-state index contributed by atoms with van der Waals surface area (Å²) in [6.45, 7) is 3.85. The van der Waals surface area contributed by atoms with Gasteiger partial charge in [0.05, 0.1) is 0 Å². The fourth-order valence-electron chi connectivity index (χ4n) is 1.86. The van der Waals surface area contributed by atoms with Gasteiger partial charge in [-0.05, 0) is 39.7 Å². The third-order valence-corrected chi connectivity index (χ3v) is 3.42. The van der Waals surface area contributed by atoms with Crippen molar-refractivity contribution >= 4 is 23.4 Å². The Morgan fingerprint density at radius 2 is 2.19 bits per heavy atom. The van der Waals surface area contributed by atoms with Gasteiger partial charge in [-0.15, -0.1) is 0 Å². The molecule has 6 heteroatoms. The number of carboxylic acid groups (broad SMARTS) is 1. The molecule has 1 atom stereocenters. The smallest absolute Gasteiger partial charge is 0.413 e. The van der Waals surface area contributed by atoms with Crippen molar-refractivity contribution in [3.63, 3.8) is 0 Å². The van der Waals surface area contributed by atoms with Gasteiger partial charge in [0, 0.05) is 25.7 Å². The van der Waals surface area contributed by atoms with E-state index in [9.17, 15) is 4.79 Å². The standard InChI is InChI=1S/C10H19N3O2S/c1-4-13(10(14)15)9(16)12-6-5-8(7-12)11(2)3/h8H,4-7H2,1-3H3,(H,14,15). The van der Waals surface area contributed by atoms with Crippen molar-refractivity contribution in [2.75, 3.05) is 33.7 Å². The summed E-state index contributed by atoms with van der Waals surface area (Å²) in [5, 5.41) is 9.41. The molecule has 0 radical (unpaired) electrons. The van der Waals surface area contributed by atoms with Crippen LogP contribution in [-0.2, 0) is 0 Å². The number of carbonyl (C=O) groups is 1. The highest BCUT2D eigenvalue weighted by Gasteiger charge is 2.29. The lowest BCUT2D eigenvalue weighted by atomic mass is 10.2. The van der Waals surface area contributed by atoms with E-state index in [1.54, 1.807) is 6.92 Å².